The summed E-state index contributed by atoms with van der Waals surface area (Å²) >= 11 is 0. The second kappa shape index (κ2) is 7.64. The summed E-state index contributed by atoms with van der Waals surface area (Å²) in [6, 6.07) is 11.4. The van der Waals surface area contributed by atoms with Crippen LogP contribution in [0.15, 0.2) is 48.8 Å². The fourth-order valence-corrected chi connectivity index (χ4v) is 2.04. The molecule has 0 aliphatic carbocycles. The van der Waals surface area contributed by atoms with Gasteiger partial charge in [-0.25, -0.2) is 0 Å². The van der Waals surface area contributed by atoms with Crippen molar-refractivity contribution < 1.29 is 9.47 Å². The van der Waals surface area contributed by atoms with E-state index >= 15 is 0 Å². The van der Waals surface area contributed by atoms with Gasteiger partial charge in [-0.2, -0.15) is 0 Å². The molecule has 1 aromatic heterocycles. The zero-order valence-electron chi connectivity index (χ0n) is 12.5. The first-order valence-corrected chi connectivity index (χ1v) is 7.26. The summed E-state index contributed by atoms with van der Waals surface area (Å²) in [6.07, 6.45) is 4.21. The molecule has 0 aliphatic heterocycles. The zero-order valence-corrected chi connectivity index (χ0v) is 12.5. The lowest BCUT2D eigenvalue weighted by Gasteiger charge is -2.24. The highest BCUT2D eigenvalue weighted by atomic mass is 16.5. The van der Waals surface area contributed by atoms with Crippen molar-refractivity contribution in [2.45, 2.75) is 32.4 Å². The molecule has 0 saturated carbocycles. The van der Waals surface area contributed by atoms with Crippen LogP contribution in [0.1, 0.15) is 31.9 Å². The largest absolute Gasteiger partial charge is 0.490 e. The average Bonchev–Trinajstić information content (AvgIpc) is 2.52. The van der Waals surface area contributed by atoms with Crippen LogP contribution in [-0.2, 0) is 0 Å². The third-order valence-corrected chi connectivity index (χ3v) is 3.06. The molecular formula is C17H22N2O2. The molecule has 2 N–H and O–H groups in total. The average molecular weight is 286 g/mol. The number of hydrogen-bond acceptors (Lipinski definition) is 4. The third kappa shape index (κ3) is 4.20. The Bertz CT molecular complexity index is 543. The highest BCUT2D eigenvalue weighted by Gasteiger charge is 2.20. The normalized spacial score (nSPS) is 13.5. The summed E-state index contributed by atoms with van der Waals surface area (Å²) in [4.78, 5) is 4.13. The van der Waals surface area contributed by atoms with E-state index in [4.69, 9.17) is 15.2 Å². The number of aromatic nitrogens is 1. The Morgan fingerprint density at radius 3 is 2.52 bits per heavy atom. The summed E-state index contributed by atoms with van der Waals surface area (Å²) in [7, 11) is 0. The number of nitrogens with two attached hydrogens (primary N) is 1. The van der Waals surface area contributed by atoms with E-state index in [0.29, 0.717) is 12.4 Å². The topological polar surface area (TPSA) is 57.4 Å². The van der Waals surface area contributed by atoms with Gasteiger partial charge in [-0.1, -0.05) is 25.1 Å². The number of rotatable bonds is 7. The number of hydrogen-bond donors (Lipinski definition) is 1. The standard InChI is InChI=1S/C17H22N2O2/c1-3-11-20-15-8-4-5-9-16(15)21-17(13(2)18)14-7-6-10-19-12-14/h4-10,12-13,17H,3,11,18H2,1-2H3. The first-order chi connectivity index (χ1) is 10.2. The molecule has 21 heavy (non-hydrogen) atoms. The molecule has 0 saturated heterocycles. The molecule has 0 aliphatic rings. The summed E-state index contributed by atoms with van der Waals surface area (Å²) in [5.74, 6) is 1.45. The highest BCUT2D eigenvalue weighted by Crippen LogP contribution is 2.32. The van der Waals surface area contributed by atoms with Crippen molar-refractivity contribution in [2.75, 3.05) is 6.61 Å². The predicted molar refractivity (Wildman–Crippen MR) is 83.5 cm³/mol. The van der Waals surface area contributed by atoms with Gasteiger partial charge in [0, 0.05) is 24.0 Å². The number of benzene rings is 1. The number of para-hydroxylation sites is 2. The first-order valence-electron chi connectivity index (χ1n) is 7.26. The van der Waals surface area contributed by atoms with E-state index < -0.39 is 0 Å². The Labute approximate surface area is 125 Å². The maximum absolute atomic E-state index is 6.10. The quantitative estimate of drug-likeness (QED) is 0.848. The minimum absolute atomic E-state index is 0.159. The second-order valence-electron chi connectivity index (χ2n) is 4.98. The molecule has 4 heteroatoms. The molecule has 0 radical (unpaired) electrons. The Hall–Kier alpha value is -2.07. The lowest BCUT2D eigenvalue weighted by atomic mass is 10.1. The van der Waals surface area contributed by atoms with Crippen LogP contribution in [0, 0.1) is 0 Å². The lowest BCUT2D eigenvalue weighted by molar-refractivity contribution is 0.169. The lowest BCUT2D eigenvalue weighted by Crippen LogP contribution is -2.29. The highest BCUT2D eigenvalue weighted by molar-refractivity contribution is 5.40. The van der Waals surface area contributed by atoms with Crippen molar-refractivity contribution in [1.82, 2.24) is 4.98 Å². The van der Waals surface area contributed by atoms with Crippen molar-refractivity contribution in [3.8, 4) is 11.5 Å². The van der Waals surface area contributed by atoms with E-state index in [2.05, 4.69) is 11.9 Å². The smallest absolute Gasteiger partial charge is 0.162 e. The molecule has 0 bridgehead atoms. The first kappa shape index (κ1) is 15.3. The minimum atomic E-state index is -0.259. The molecule has 1 heterocycles. The number of nitrogens with zero attached hydrogens (tertiary/aromatic N) is 1. The van der Waals surface area contributed by atoms with Gasteiger partial charge in [0.1, 0.15) is 6.10 Å². The molecule has 2 unspecified atom stereocenters. The number of pyridine rings is 1. The maximum atomic E-state index is 6.10. The predicted octanol–water partition coefficient (Wildman–Crippen LogP) is 3.34. The molecule has 4 nitrogen and oxygen atoms in total. The Balaban J connectivity index is 2.21. The van der Waals surface area contributed by atoms with Crippen LogP contribution in [0.4, 0.5) is 0 Å². The second-order valence-corrected chi connectivity index (χ2v) is 4.98. The van der Waals surface area contributed by atoms with Gasteiger partial charge in [0.15, 0.2) is 11.5 Å². The van der Waals surface area contributed by atoms with Gasteiger partial charge in [0.25, 0.3) is 0 Å². The molecule has 0 fully saturated rings. The van der Waals surface area contributed by atoms with E-state index in [9.17, 15) is 0 Å². The van der Waals surface area contributed by atoms with E-state index in [1.165, 1.54) is 0 Å². The SMILES string of the molecule is CCCOc1ccccc1OC(c1cccnc1)C(C)N. The van der Waals surface area contributed by atoms with Crippen molar-refractivity contribution in [3.63, 3.8) is 0 Å². The van der Waals surface area contributed by atoms with Crippen LogP contribution >= 0.6 is 0 Å². The van der Waals surface area contributed by atoms with Crippen LogP contribution in [0.3, 0.4) is 0 Å². The monoisotopic (exact) mass is 286 g/mol. The van der Waals surface area contributed by atoms with Crippen molar-refractivity contribution in [3.05, 3.63) is 54.4 Å². The fourth-order valence-electron chi connectivity index (χ4n) is 2.04. The summed E-state index contributed by atoms with van der Waals surface area (Å²) in [5, 5.41) is 0. The van der Waals surface area contributed by atoms with Crippen LogP contribution in [0.5, 0.6) is 11.5 Å². The Morgan fingerprint density at radius 2 is 1.90 bits per heavy atom. The van der Waals surface area contributed by atoms with Gasteiger partial charge in [0.2, 0.25) is 0 Å². The van der Waals surface area contributed by atoms with E-state index in [1.807, 2.05) is 43.3 Å². The van der Waals surface area contributed by atoms with E-state index in [1.54, 1.807) is 12.4 Å². The molecule has 112 valence electrons. The van der Waals surface area contributed by atoms with Gasteiger partial charge >= 0.3 is 0 Å². The van der Waals surface area contributed by atoms with Gasteiger partial charge in [-0.05, 0) is 31.5 Å². The van der Waals surface area contributed by atoms with E-state index in [-0.39, 0.29) is 12.1 Å². The van der Waals surface area contributed by atoms with Gasteiger partial charge in [-0.3, -0.25) is 4.98 Å². The van der Waals surface area contributed by atoms with E-state index in [0.717, 1.165) is 17.7 Å². The fraction of sp³-hybridized carbons (Fsp3) is 0.353. The van der Waals surface area contributed by atoms with Crippen LogP contribution < -0.4 is 15.2 Å². The Kier molecular flexibility index (Phi) is 5.58. The van der Waals surface area contributed by atoms with Gasteiger partial charge in [-0.15, -0.1) is 0 Å². The van der Waals surface area contributed by atoms with Crippen molar-refractivity contribution in [2.24, 2.45) is 5.73 Å². The van der Waals surface area contributed by atoms with Gasteiger partial charge < -0.3 is 15.2 Å². The summed E-state index contributed by atoms with van der Waals surface area (Å²) < 4.78 is 11.8. The molecule has 0 amide bonds. The zero-order chi connectivity index (χ0) is 15.1. The van der Waals surface area contributed by atoms with Crippen molar-refractivity contribution >= 4 is 0 Å². The molecule has 2 aromatic rings. The van der Waals surface area contributed by atoms with Crippen LogP contribution in [0.25, 0.3) is 0 Å². The summed E-state index contributed by atoms with van der Waals surface area (Å²) in [5.41, 5.74) is 7.03. The molecule has 1 aromatic carbocycles. The van der Waals surface area contributed by atoms with Crippen molar-refractivity contribution in [1.29, 1.82) is 0 Å². The number of ether oxygens (including phenoxy) is 2. The summed E-state index contributed by atoms with van der Waals surface area (Å²) in [6.45, 7) is 4.66. The molecule has 2 atom stereocenters. The van der Waals surface area contributed by atoms with Gasteiger partial charge in [0.05, 0.1) is 6.61 Å². The molecule has 2 rings (SSSR count). The minimum Gasteiger partial charge on any atom is -0.490 e. The maximum Gasteiger partial charge on any atom is 0.162 e. The van der Waals surface area contributed by atoms with Crippen LogP contribution in [0.2, 0.25) is 0 Å². The molecule has 0 spiro atoms. The Morgan fingerprint density at radius 1 is 1.14 bits per heavy atom. The molecular weight excluding hydrogens is 264 g/mol. The van der Waals surface area contributed by atoms with Crippen LogP contribution in [-0.4, -0.2) is 17.6 Å². The third-order valence-electron chi connectivity index (χ3n) is 3.06.